The van der Waals surface area contributed by atoms with E-state index in [4.69, 9.17) is 0 Å². The molecule has 0 radical (unpaired) electrons. The van der Waals surface area contributed by atoms with Gasteiger partial charge in [-0.25, -0.2) is 4.68 Å². The Balaban J connectivity index is 1.80. The van der Waals surface area contributed by atoms with E-state index in [2.05, 4.69) is 27.1 Å². The lowest BCUT2D eigenvalue weighted by molar-refractivity contribution is -0.116. The first-order valence-electron chi connectivity index (χ1n) is 8.15. The van der Waals surface area contributed by atoms with E-state index >= 15 is 0 Å². The van der Waals surface area contributed by atoms with Gasteiger partial charge >= 0.3 is 0 Å². The molecule has 2 heterocycles. The number of fused-ring (bicyclic) bond motifs is 1. The van der Waals surface area contributed by atoms with E-state index in [1.54, 1.807) is 23.0 Å². The average Bonchev–Trinajstić information content (AvgIpc) is 3.12. The van der Waals surface area contributed by atoms with Crippen molar-refractivity contribution in [2.24, 2.45) is 0 Å². The third-order valence-corrected chi connectivity index (χ3v) is 3.94. The first kappa shape index (κ1) is 15.7. The highest BCUT2D eigenvalue weighted by molar-refractivity contribution is 6.01. The molecule has 0 spiro atoms. The van der Waals surface area contributed by atoms with Gasteiger partial charge < -0.3 is 0 Å². The molecule has 0 amide bonds. The molecule has 124 valence electrons. The lowest BCUT2D eigenvalue weighted by atomic mass is 10.1. The zero-order valence-corrected chi connectivity index (χ0v) is 13.8. The normalized spacial score (nSPS) is 11.5. The molecule has 5 nitrogen and oxygen atoms in total. The minimum Gasteiger partial charge on any atom is -0.282 e. The molecule has 0 saturated carbocycles. The van der Waals surface area contributed by atoms with Gasteiger partial charge in [-0.1, -0.05) is 47.5 Å². The predicted molar refractivity (Wildman–Crippen MR) is 98.2 cm³/mol. The van der Waals surface area contributed by atoms with Crippen LogP contribution in [-0.4, -0.2) is 25.8 Å². The fourth-order valence-electron chi connectivity index (χ4n) is 2.71. The number of nitrogens with zero attached hydrogens (tertiary/aromatic N) is 4. The summed E-state index contributed by atoms with van der Waals surface area (Å²) in [4.78, 5) is 17.3. The Bertz CT molecular complexity index is 1110. The van der Waals surface area contributed by atoms with Crippen LogP contribution in [0.2, 0.25) is 0 Å². The van der Waals surface area contributed by atoms with Crippen LogP contribution < -0.4 is 0 Å². The quantitative estimate of drug-likeness (QED) is 0.539. The van der Waals surface area contributed by atoms with Gasteiger partial charge in [-0.15, -0.1) is 5.10 Å². The van der Waals surface area contributed by atoms with Gasteiger partial charge in [0.25, 0.3) is 0 Å². The summed E-state index contributed by atoms with van der Waals surface area (Å²) in [5, 5.41) is 8.34. The van der Waals surface area contributed by atoms with E-state index in [9.17, 15) is 4.79 Å². The van der Waals surface area contributed by atoms with E-state index in [1.165, 1.54) is 0 Å². The summed E-state index contributed by atoms with van der Waals surface area (Å²) < 4.78 is 1.58. The summed E-state index contributed by atoms with van der Waals surface area (Å²) in [6.07, 6.45) is 1.65. The highest BCUT2D eigenvalue weighted by atomic mass is 16.1. The van der Waals surface area contributed by atoms with Crippen LogP contribution in [0.1, 0.15) is 17.3 Å². The molecule has 0 saturated heterocycles. The molecular formula is C21H14N4O. The number of carbonyl (C=O) groups is 1. The van der Waals surface area contributed by atoms with Gasteiger partial charge in [0.15, 0.2) is 6.04 Å². The molecule has 4 aromatic rings. The number of carbonyl (C=O) groups excluding carboxylic acids is 1. The lowest BCUT2D eigenvalue weighted by Crippen LogP contribution is -2.22. The second-order valence-electron chi connectivity index (χ2n) is 5.66. The van der Waals surface area contributed by atoms with Crippen molar-refractivity contribution in [2.45, 2.75) is 6.04 Å². The topological polar surface area (TPSA) is 60.7 Å². The maximum absolute atomic E-state index is 13.0. The Labute approximate surface area is 150 Å². The van der Waals surface area contributed by atoms with Gasteiger partial charge in [0.05, 0.1) is 11.2 Å². The molecule has 0 aliphatic heterocycles. The van der Waals surface area contributed by atoms with E-state index in [0.29, 0.717) is 5.69 Å². The molecule has 5 heteroatoms. The number of hydrogen-bond acceptors (Lipinski definition) is 4. The first-order valence-corrected chi connectivity index (χ1v) is 8.15. The Hall–Kier alpha value is -3.78. The van der Waals surface area contributed by atoms with Crippen LogP contribution in [0.4, 0.5) is 0 Å². The van der Waals surface area contributed by atoms with E-state index in [0.717, 1.165) is 16.6 Å². The Morgan fingerprint density at radius 2 is 1.69 bits per heavy atom. The molecule has 0 bridgehead atoms. The predicted octanol–water partition coefficient (Wildman–Crippen LogP) is 3.04. The molecule has 0 N–H and O–H groups in total. The van der Waals surface area contributed by atoms with Crippen molar-refractivity contribution < 1.29 is 4.79 Å². The molecular weight excluding hydrogens is 324 g/mol. The Kier molecular flexibility index (Phi) is 4.23. The van der Waals surface area contributed by atoms with Crippen molar-refractivity contribution in [1.82, 2.24) is 20.0 Å². The van der Waals surface area contributed by atoms with Gasteiger partial charge in [-0.3, -0.25) is 9.78 Å². The van der Waals surface area contributed by atoms with Gasteiger partial charge in [-0.05, 0) is 42.3 Å². The summed E-state index contributed by atoms with van der Waals surface area (Å²) in [5.74, 6) is 5.36. The molecule has 0 aliphatic carbocycles. The third-order valence-electron chi connectivity index (χ3n) is 3.94. The summed E-state index contributed by atoms with van der Waals surface area (Å²) >= 11 is 0. The van der Waals surface area contributed by atoms with Crippen molar-refractivity contribution in [3.05, 3.63) is 90.3 Å². The fourth-order valence-corrected chi connectivity index (χ4v) is 2.71. The molecule has 2 aromatic heterocycles. The largest absolute Gasteiger partial charge is 0.282 e. The molecule has 2 aromatic carbocycles. The average molecular weight is 338 g/mol. The Morgan fingerprint density at radius 3 is 2.50 bits per heavy atom. The van der Waals surface area contributed by atoms with Crippen molar-refractivity contribution in [3.63, 3.8) is 0 Å². The van der Waals surface area contributed by atoms with Crippen LogP contribution in [-0.2, 0) is 4.79 Å². The number of aromatic nitrogens is 4. The second-order valence-corrected chi connectivity index (χ2v) is 5.66. The highest BCUT2D eigenvalue weighted by Gasteiger charge is 2.25. The van der Waals surface area contributed by atoms with Crippen LogP contribution in [0.3, 0.4) is 0 Å². The number of para-hydroxylation sites is 1. The second kappa shape index (κ2) is 6.99. The number of benzene rings is 2. The van der Waals surface area contributed by atoms with Gasteiger partial charge in [0.2, 0.25) is 5.78 Å². The lowest BCUT2D eigenvalue weighted by Gasteiger charge is -2.13. The summed E-state index contributed by atoms with van der Waals surface area (Å²) in [7, 11) is 0. The molecule has 26 heavy (non-hydrogen) atoms. The van der Waals surface area contributed by atoms with E-state index in [1.807, 2.05) is 60.7 Å². The molecule has 1 atom stereocenters. The number of ketones is 1. The van der Waals surface area contributed by atoms with Crippen molar-refractivity contribution in [3.8, 4) is 11.8 Å². The monoisotopic (exact) mass is 338 g/mol. The van der Waals surface area contributed by atoms with Crippen LogP contribution in [0.5, 0.6) is 0 Å². The van der Waals surface area contributed by atoms with Crippen molar-refractivity contribution in [1.29, 1.82) is 0 Å². The van der Waals surface area contributed by atoms with Gasteiger partial charge in [-0.2, -0.15) is 0 Å². The number of rotatable bonds is 3. The number of pyridine rings is 1. The summed E-state index contributed by atoms with van der Waals surface area (Å²) in [6, 6.07) is 21.6. The SMILES string of the molecule is O=C(C#Cc1ccccc1)C(c1ccccn1)n1nnc2ccccc21. The Morgan fingerprint density at radius 1 is 0.923 bits per heavy atom. The van der Waals surface area contributed by atoms with Crippen LogP contribution >= 0.6 is 0 Å². The van der Waals surface area contributed by atoms with Gasteiger partial charge in [0, 0.05) is 11.8 Å². The van der Waals surface area contributed by atoms with Crippen molar-refractivity contribution >= 4 is 16.8 Å². The maximum Gasteiger partial charge on any atom is 0.236 e. The zero-order valence-electron chi connectivity index (χ0n) is 13.8. The van der Waals surface area contributed by atoms with Gasteiger partial charge in [0.1, 0.15) is 5.52 Å². The molecule has 1 unspecified atom stereocenters. The molecule has 0 fully saturated rings. The van der Waals surface area contributed by atoms with Crippen molar-refractivity contribution in [2.75, 3.05) is 0 Å². The highest BCUT2D eigenvalue weighted by Crippen LogP contribution is 2.21. The van der Waals surface area contributed by atoms with Crippen LogP contribution in [0, 0.1) is 11.8 Å². The third kappa shape index (κ3) is 3.08. The maximum atomic E-state index is 13.0. The minimum absolute atomic E-state index is 0.289. The summed E-state index contributed by atoms with van der Waals surface area (Å²) in [5.41, 5.74) is 2.84. The minimum atomic E-state index is -0.750. The first-order chi connectivity index (χ1) is 12.8. The molecule has 4 rings (SSSR count). The van der Waals surface area contributed by atoms with E-state index in [-0.39, 0.29) is 5.78 Å². The summed E-state index contributed by atoms with van der Waals surface area (Å²) in [6.45, 7) is 0. The van der Waals surface area contributed by atoms with E-state index < -0.39 is 6.04 Å². The number of hydrogen-bond donors (Lipinski definition) is 0. The standard InChI is InChI=1S/C21H14N4O/c26-20(14-13-16-8-2-1-3-9-16)21(18-11-6-7-15-22-18)25-19-12-5-4-10-17(19)23-24-25/h1-12,15,21H. The fraction of sp³-hybridized carbons (Fsp3) is 0.0476. The molecule has 0 aliphatic rings. The van der Waals surface area contributed by atoms with Crippen LogP contribution in [0.15, 0.2) is 79.0 Å². The number of Topliss-reactive ketones (excluding diaryl/α,β-unsaturated/α-hetero) is 1. The smallest absolute Gasteiger partial charge is 0.236 e. The van der Waals surface area contributed by atoms with Crippen LogP contribution in [0.25, 0.3) is 11.0 Å². The zero-order chi connectivity index (χ0) is 17.8.